The Morgan fingerprint density at radius 1 is 0.921 bits per heavy atom. The number of nitro benzene ring substituents is 1. The molecule has 6 rings (SSSR count). The van der Waals surface area contributed by atoms with Gasteiger partial charge >= 0.3 is 0 Å². The van der Waals surface area contributed by atoms with Gasteiger partial charge in [0.2, 0.25) is 5.69 Å². The number of hydrogen-bond acceptors (Lipinski definition) is 3. The number of phenolic OH excluding ortho intramolecular Hbond substituents is 1. The normalized spacial score (nSPS) is 17.0. The van der Waals surface area contributed by atoms with Gasteiger partial charge in [-0.25, -0.2) is 0 Å². The number of fused-ring (bicyclic) bond motifs is 4. The Morgan fingerprint density at radius 3 is 2.47 bits per heavy atom. The Bertz CT molecular complexity index is 1680. The Hall–Kier alpha value is -4.55. The van der Waals surface area contributed by atoms with E-state index in [-0.39, 0.29) is 16.9 Å². The quantitative estimate of drug-likeness (QED) is 0.198. The van der Waals surface area contributed by atoms with E-state index in [1.165, 1.54) is 51.2 Å². The molecule has 6 heteroatoms. The fourth-order valence-corrected chi connectivity index (χ4v) is 5.87. The van der Waals surface area contributed by atoms with Gasteiger partial charge in [0.25, 0.3) is 5.69 Å². The lowest BCUT2D eigenvalue weighted by Crippen LogP contribution is -2.97. The van der Waals surface area contributed by atoms with Crippen LogP contribution in [-0.4, -0.2) is 27.4 Å². The van der Waals surface area contributed by atoms with Gasteiger partial charge in [-0.2, -0.15) is 4.58 Å². The van der Waals surface area contributed by atoms with Crippen LogP contribution in [0.1, 0.15) is 30.5 Å². The van der Waals surface area contributed by atoms with Gasteiger partial charge in [0.15, 0.2) is 12.3 Å². The zero-order valence-corrected chi connectivity index (χ0v) is 21.6. The molecule has 1 unspecified atom stereocenters. The number of nitrogens with zero attached hydrogens (tertiary/aromatic N) is 2. The van der Waals surface area contributed by atoms with Crippen LogP contribution in [0.2, 0.25) is 0 Å². The summed E-state index contributed by atoms with van der Waals surface area (Å²) >= 11 is 0. The highest BCUT2D eigenvalue weighted by Gasteiger charge is 2.44. The third kappa shape index (κ3) is 3.73. The molecule has 0 spiro atoms. The topological polar surface area (TPSA) is 70.8 Å². The zero-order chi connectivity index (χ0) is 26.6. The summed E-state index contributed by atoms with van der Waals surface area (Å²) in [6.45, 7) is 4.70. The van der Waals surface area contributed by atoms with Crippen molar-refractivity contribution in [1.29, 1.82) is 0 Å². The Balaban J connectivity index is 1.44. The van der Waals surface area contributed by atoms with Gasteiger partial charge in [0, 0.05) is 53.1 Å². The van der Waals surface area contributed by atoms with Crippen molar-refractivity contribution in [1.82, 2.24) is 0 Å². The van der Waals surface area contributed by atoms with E-state index in [1.807, 2.05) is 12.1 Å². The zero-order valence-electron chi connectivity index (χ0n) is 21.6. The molecule has 0 saturated carbocycles. The first-order valence-corrected chi connectivity index (χ1v) is 12.7. The van der Waals surface area contributed by atoms with Crippen LogP contribution in [0.15, 0.2) is 91.0 Å². The number of allylic oxidation sites excluding steroid dienone is 1. The minimum atomic E-state index is -0.430. The van der Waals surface area contributed by atoms with E-state index in [9.17, 15) is 15.2 Å². The van der Waals surface area contributed by atoms with Crippen molar-refractivity contribution >= 4 is 34.5 Å². The molecule has 4 aromatic rings. The van der Waals surface area contributed by atoms with E-state index in [1.54, 1.807) is 0 Å². The molecule has 2 N–H and O–H groups in total. The van der Waals surface area contributed by atoms with Gasteiger partial charge in [-0.15, -0.1) is 0 Å². The Kier molecular flexibility index (Phi) is 5.51. The van der Waals surface area contributed by atoms with Crippen molar-refractivity contribution in [2.75, 3.05) is 7.05 Å². The Labute approximate surface area is 221 Å². The number of nitro groups is 1. The van der Waals surface area contributed by atoms with E-state index in [0.29, 0.717) is 12.1 Å². The molecule has 0 amide bonds. The van der Waals surface area contributed by atoms with Gasteiger partial charge in [0.05, 0.1) is 22.9 Å². The first-order valence-electron chi connectivity index (χ1n) is 12.7. The molecule has 0 fully saturated rings. The smallest absolute Gasteiger partial charge is 0.270 e. The van der Waals surface area contributed by atoms with Crippen LogP contribution in [0.25, 0.3) is 17.2 Å². The van der Waals surface area contributed by atoms with Crippen molar-refractivity contribution in [2.24, 2.45) is 0 Å². The second-order valence-corrected chi connectivity index (χ2v) is 10.5. The summed E-state index contributed by atoms with van der Waals surface area (Å²) in [5, 5.41) is 22.0. The lowest BCUT2D eigenvalue weighted by Gasteiger charge is -2.15. The maximum Gasteiger partial charge on any atom is 0.270 e. The Morgan fingerprint density at radius 2 is 1.66 bits per heavy atom. The molecule has 2 heterocycles. The molecule has 38 heavy (non-hydrogen) atoms. The second kappa shape index (κ2) is 8.78. The van der Waals surface area contributed by atoms with Crippen LogP contribution in [-0.2, 0) is 12.0 Å². The molecule has 6 nitrogen and oxygen atoms in total. The van der Waals surface area contributed by atoms with E-state index in [4.69, 9.17) is 0 Å². The van der Waals surface area contributed by atoms with Crippen LogP contribution in [0.5, 0.6) is 5.75 Å². The summed E-state index contributed by atoms with van der Waals surface area (Å²) in [4.78, 5) is 12.3. The summed E-state index contributed by atoms with van der Waals surface area (Å²) in [5.74, 6) is 0.0463. The van der Waals surface area contributed by atoms with Gasteiger partial charge in [-0.05, 0) is 49.8 Å². The SMILES string of the molecule is C[NH+]1c2ccccc2-c2cc(C=CC3=[N+](Cc4cc([N+](=O)[O-])ccc4O)c4ccccc4C3(C)C)ccc21. The minimum absolute atomic E-state index is 0.0350. The highest BCUT2D eigenvalue weighted by molar-refractivity contribution is 6.05. The largest absolute Gasteiger partial charge is 0.507 e. The first kappa shape index (κ1) is 23.8. The third-order valence-corrected chi connectivity index (χ3v) is 7.90. The molecule has 0 saturated heterocycles. The number of benzene rings is 4. The second-order valence-electron chi connectivity index (χ2n) is 10.5. The van der Waals surface area contributed by atoms with E-state index in [2.05, 4.69) is 92.2 Å². The molecule has 0 aromatic heterocycles. The maximum absolute atomic E-state index is 11.4. The van der Waals surface area contributed by atoms with Gasteiger partial charge in [0.1, 0.15) is 17.1 Å². The fourth-order valence-electron chi connectivity index (χ4n) is 5.87. The lowest BCUT2D eigenvalue weighted by atomic mass is 9.81. The lowest BCUT2D eigenvalue weighted by molar-refractivity contribution is -0.731. The van der Waals surface area contributed by atoms with Crippen molar-refractivity contribution in [3.05, 3.63) is 118 Å². The fraction of sp³-hybridized carbons (Fsp3) is 0.156. The number of para-hydroxylation sites is 2. The highest BCUT2D eigenvalue weighted by atomic mass is 16.6. The average Bonchev–Trinajstić information content (AvgIpc) is 3.31. The van der Waals surface area contributed by atoms with E-state index < -0.39 is 4.92 Å². The van der Waals surface area contributed by atoms with Crippen molar-refractivity contribution in [2.45, 2.75) is 25.8 Å². The van der Waals surface area contributed by atoms with Gasteiger partial charge < -0.3 is 5.11 Å². The molecular weight excluding hydrogens is 474 g/mol. The van der Waals surface area contributed by atoms with Gasteiger partial charge in [-0.1, -0.05) is 30.3 Å². The third-order valence-electron chi connectivity index (χ3n) is 7.90. The van der Waals surface area contributed by atoms with Crippen LogP contribution in [0.4, 0.5) is 22.7 Å². The van der Waals surface area contributed by atoms with Crippen LogP contribution < -0.4 is 4.90 Å². The monoisotopic (exact) mass is 503 g/mol. The maximum atomic E-state index is 11.4. The van der Waals surface area contributed by atoms with Crippen molar-refractivity contribution in [3.63, 3.8) is 0 Å². The summed E-state index contributed by atoms with van der Waals surface area (Å²) in [5.41, 5.74) is 9.63. The predicted octanol–water partition coefficient (Wildman–Crippen LogP) is 6.05. The summed E-state index contributed by atoms with van der Waals surface area (Å²) in [7, 11) is 2.18. The summed E-state index contributed by atoms with van der Waals surface area (Å²) in [6, 6.07) is 27.5. The number of non-ortho nitro benzene ring substituents is 1. The number of aromatic hydroxyl groups is 1. The molecule has 2 aliphatic heterocycles. The molecule has 2 aliphatic rings. The first-order chi connectivity index (χ1) is 18.3. The number of hydrogen-bond donors (Lipinski definition) is 2. The minimum Gasteiger partial charge on any atom is -0.507 e. The summed E-state index contributed by atoms with van der Waals surface area (Å²) < 4.78 is 2.16. The molecular formula is C32H29N3O3+2. The number of phenols is 1. The standard InChI is InChI=1S/C32H27N3O3/c1-32(2)26-9-5-7-11-29(26)34(20-22-19-23(35(37)38)14-16-30(22)36)31(32)17-13-21-12-15-28-25(18-21)24-8-4-6-10-27(24)33(28)3/h4-19H,20H2,1-3H3/p+2. The summed E-state index contributed by atoms with van der Waals surface area (Å²) in [6.07, 6.45) is 4.29. The van der Waals surface area contributed by atoms with E-state index >= 15 is 0 Å². The average molecular weight is 504 g/mol. The number of quaternary nitrogens is 1. The molecule has 0 radical (unpaired) electrons. The van der Waals surface area contributed by atoms with Crippen molar-refractivity contribution < 1.29 is 19.5 Å². The van der Waals surface area contributed by atoms with Crippen molar-refractivity contribution in [3.8, 4) is 16.9 Å². The molecule has 0 bridgehead atoms. The number of rotatable bonds is 5. The van der Waals surface area contributed by atoms with Gasteiger partial charge in [-0.3, -0.25) is 15.0 Å². The van der Waals surface area contributed by atoms with E-state index in [0.717, 1.165) is 17.0 Å². The van der Waals surface area contributed by atoms with Crippen LogP contribution in [0.3, 0.4) is 0 Å². The predicted molar refractivity (Wildman–Crippen MR) is 150 cm³/mol. The molecule has 4 aromatic carbocycles. The molecule has 0 aliphatic carbocycles. The highest BCUT2D eigenvalue weighted by Crippen LogP contribution is 2.42. The van der Waals surface area contributed by atoms with Crippen LogP contribution in [0, 0.1) is 10.1 Å². The molecule has 1 atom stereocenters. The number of nitrogens with one attached hydrogen (secondary N) is 1. The van der Waals surface area contributed by atoms with Crippen LogP contribution >= 0.6 is 0 Å². The molecule has 188 valence electrons.